The second-order valence-electron chi connectivity index (χ2n) is 2.38. The molecular formula is C6H11F3N2. The zero-order valence-corrected chi connectivity index (χ0v) is 6.20. The number of halogens is 3. The summed E-state index contributed by atoms with van der Waals surface area (Å²) in [6.45, 7) is 4.86. The van der Waals surface area contributed by atoms with Crippen molar-refractivity contribution in [1.29, 1.82) is 0 Å². The van der Waals surface area contributed by atoms with E-state index in [4.69, 9.17) is 5.84 Å². The Morgan fingerprint density at radius 1 is 1.64 bits per heavy atom. The van der Waals surface area contributed by atoms with Crippen LogP contribution in [0.15, 0.2) is 12.2 Å². The van der Waals surface area contributed by atoms with E-state index in [1.165, 1.54) is 6.92 Å². The third-order valence-corrected chi connectivity index (χ3v) is 1.23. The summed E-state index contributed by atoms with van der Waals surface area (Å²) < 4.78 is 35.1. The van der Waals surface area contributed by atoms with E-state index in [-0.39, 0.29) is 0 Å². The third-order valence-electron chi connectivity index (χ3n) is 1.23. The molecule has 0 aliphatic rings. The zero-order valence-electron chi connectivity index (χ0n) is 6.20. The lowest BCUT2D eigenvalue weighted by Gasteiger charge is -2.17. The quantitative estimate of drug-likeness (QED) is 0.379. The van der Waals surface area contributed by atoms with Gasteiger partial charge in [0, 0.05) is 0 Å². The first kappa shape index (κ1) is 10.4. The van der Waals surface area contributed by atoms with Gasteiger partial charge < -0.3 is 0 Å². The van der Waals surface area contributed by atoms with E-state index in [9.17, 15) is 13.2 Å². The number of nitrogens with two attached hydrogens (primary N) is 1. The van der Waals surface area contributed by atoms with E-state index in [1.807, 2.05) is 5.43 Å². The van der Waals surface area contributed by atoms with E-state index in [0.717, 1.165) is 0 Å². The smallest absolute Gasteiger partial charge is 0.271 e. The van der Waals surface area contributed by atoms with Gasteiger partial charge in [0.15, 0.2) is 0 Å². The van der Waals surface area contributed by atoms with Crippen LogP contribution >= 0.6 is 0 Å². The molecule has 0 spiro atoms. The van der Waals surface area contributed by atoms with E-state index in [2.05, 4.69) is 6.58 Å². The summed E-state index contributed by atoms with van der Waals surface area (Å²) in [7, 11) is 0. The predicted molar refractivity (Wildman–Crippen MR) is 36.6 cm³/mol. The molecule has 0 heterocycles. The molecule has 11 heavy (non-hydrogen) atoms. The van der Waals surface area contributed by atoms with Crippen LogP contribution < -0.4 is 11.3 Å². The molecule has 66 valence electrons. The molecule has 0 amide bonds. The molecule has 0 aromatic rings. The normalized spacial score (nSPS) is 14.6. The Balaban J connectivity index is 3.99. The first-order valence-corrected chi connectivity index (χ1v) is 3.05. The van der Waals surface area contributed by atoms with Gasteiger partial charge in [0.25, 0.3) is 0 Å². The van der Waals surface area contributed by atoms with Gasteiger partial charge in [-0.2, -0.15) is 13.2 Å². The fourth-order valence-electron chi connectivity index (χ4n) is 0.607. The maximum atomic E-state index is 11.7. The van der Waals surface area contributed by atoms with Crippen molar-refractivity contribution in [3.8, 4) is 0 Å². The molecule has 0 fully saturated rings. The number of hydrogen-bond donors (Lipinski definition) is 2. The molecule has 2 nitrogen and oxygen atoms in total. The van der Waals surface area contributed by atoms with Crippen LogP contribution in [-0.2, 0) is 0 Å². The molecule has 0 aromatic heterocycles. The van der Waals surface area contributed by atoms with Crippen molar-refractivity contribution >= 4 is 0 Å². The van der Waals surface area contributed by atoms with E-state index < -0.39 is 18.6 Å². The topological polar surface area (TPSA) is 38.0 Å². The Hall–Kier alpha value is -0.550. The summed E-state index contributed by atoms with van der Waals surface area (Å²) in [5, 5.41) is 0. The minimum Gasteiger partial charge on any atom is -0.271 e. The van der Waals surface area contributed by atoms with Crippen molar-refractivity contribution < 1.29 is 13.2 Å². The standard InChI is InChI=1S/C6H11F3N2/c1-4(2)5(11-10)3-6(7,8)9/h5,11H,1,3,10H2,2H3. The molecule has 1 unspecified atom stereocenters. The number of nitrogens with one attached hydrogen (secondary N) is 1. The second kappa shape index (κ2) is 3.73. The van der Waals surface area contributed by atoms with Crippen molar-refractivity contribution in [2.45, 2.75) is 25.6 Å². The SMILES string of the molecule is C=C(C)C(CC(F)(F)F)NN. The lowest BCUT2D eigenvalue weighted by Crippen LogP contribution is -2.39. The molecule has 0 radical (unpaired) electrons. The first-order chi connectivity index (χ1) is 4.87. The Bertz CT molecular complexity index is 141. The van der Waals surface area contributed by atoms with E-state index >= 15 is 0 Å². The van der Waals surface area contributed by atoms with Crippen molar-refractivity contribution in [1.82, 2.24) is 5.43 Å². The van der Waals surface area contributed by atoms with Gasteiger partial charge in [0.2, 0.25) is 0 Å². The van der Waals surface area contributed by atoms with Crippen LogP contribution in [0.5, 0.6) is 0 Å². The molecule has 0 saturated carbocycles. The molecule has 0 aromatic carbocycles. The summed E-state index contributed by atoms with van der Waals surface area (Å²) in [6.07, 6.45) is -5.17. The van der Waals surface area contributed by atoms with Crippen LogP contribution in [0.2, 0.25) is 0 Å². The molecule has 5 heteroatoms. The molecule has 0 rings (SSSR count). The Labute approximate surface area is 63.2 Å². The highest BCUT2D eigenvalue weighted by Crippen LogP contribution is 2.23. The highest BCUT2D eigenvalue weighted by atomic mass is 19.4. The number of alkyl halides is 3. The Morgan fingerprint density at radius 3 is 2.18 bits per heavy atom. The number of hydrazine groups is 1. The monoisotopic (exact) mass is 168 g/mol. The Morgan fingerprint density at radius 2 is 2.09 bits per heavy atom. The molecular weight excluding hydrogens is 157 g/mol. The summed E-state index contributed by atoms with van der Waals surface area (Å²) in [4.78, 5) is 0. The molecule has 0 aliphatic carbocycles. The van der Waals surface area contributed by atoms with Gasteiger partial charge in [0.05, 0.1) is 12.5 Å². The van der Waals surface area contributed by atoms with Gasteiger partial charge in [0.1, 0.15) is 0 Å². The van der Waals surface area contributed by atoms with Crippen LogP contribution in [0.25, 0.3) is 0 Å². The highest BCUT2D eigenvalue weighted by molar-refractivity contribution is 5.01. The summed E-state index contributed by atoms with van der Waals surface area (Å²) in [5.74, 6) is 4.87. The molecule has 0 aliphatic heterocycles. The first-order valence-electron chi connectivity index (χ1n) is 3.05. The van der Waals surface area contributed by atoms with Crippen LogP contribution in [0.3, 0.4) is 0 Å². The summed E-state index contributed by atoms with van der Waals surface area (Å²) in [6, 6.07) is -0.880. The van der Waals surface area contributed by atoms with Crippen LogP contribution in [0, 0.1) is 0 Å². The maximum Gasteiger partial charge on any atom is 0.390 e. The molecule has 0 bridgehead atoms. The fraction of sp³-hybridized carbons (Fsp3) is 0.667. The molecule has 1 atom stereocenters. The van der Waals surface area contributed by atoms with Crippen LogP contribution in [0.1, 0.15) is 13.3 Å². The summed E-state index contributed by atoms with van der Waals surface area (Å²) in [5.41, 5.74) is 2.42. The fourth-order valence-corrected chi connectivity index (χ4v) is 0.607. The molecule has 0 saturated heterocycles. The van der Waals surface area contributed by atoms with Gasteiger partial charge in [-0.05, 0) is 6.92 Å². The largest absolute Gasteiger partial charge is 0.390 e. The van der Waals surface area contributed by atoms with Crippen molar-refractivity contribution in [3.63, 3.8) is 0 Å². The van der Waals surface area contributed by atoms with Crippen molar-refractivity contribution in [2.24, 2.45) is 5.84 Å². The van der Waals surface area contributed by atoms with Crippen molar-refractivity contribution in [2.75, 3.05) is 0 Å². The van der Waals surface area contributed by atoms with Crippen LogP contribution in [-0.4, -0.2) is 12.2 Å². The summed E-state index contributed by atoms with van der Waals surface area (Å²) >= 11 is 0. The van der Waals surface area contributed by atoms with Gasteiger partial charge in [-0.3, -0.25) is 11.3 Å². The van der Waals surface area contributed by atoms with Crippen LogP contribution in [0.4, 0.5) is 13.2 Å². The average Bonchev–Trinajstić information content (AvgIpc) is 1.80. The lowest BCUT2D eigenvalue weighted by molar-refractivity contribution is -0.138. The lowest BCUT2D eigenvalue weighted by atomic mass is 10.1. The van der Waals surface area contributed by atoms with Gasteiger partial charge in [-0.1, -0.05) is 12.2 Å². The second-order valence-corrected chi connectivity index (χ2v) is 2.38. The van der Waals surface area contributed by atoms with Gasteiger partial charge in [-0.25, -0.2) is 0 Å². The number of rotatable bonds is 3. The van der Waals surface area contributed by atoms with Crippen molar-refractivity contribution in [3.05, 3.63) is 12.2 Å². The highest BCUT2D eigenvalue weighted by Gasteiger charge is 2.31. The van der Waals surface area contributed by atoms with Gasteiger partial charge in [-0.15, -0.1) is 0 Å². The predicted octanol–water partition coefficient (Wildman–Crippen LogP) is 1.35. The average molecular weight is 168 g/mol. The molecule has 3 N–H and O–H groups in total. The zero-order chi connectivity index (χ0) is 9.07. The van der Waals surface area contributed by atoms with E-state index in [0.29, 0.717) is 5.57 Å². The number of hydrogen-bond acceptors (Lipinski definition) is 2. The maximum absolute atomic E-state index is 11.7. The Kier molecular flexibility index (Phi) is 3.54. The third kappa shape index (κ3) is 4.80. The minimum atomic E-state index is -4.20. The van der Waals surface area contributed by atoms with Gasteiger partial charge >= 0.3 is 6.18 Å². The minimum absolute atomic E-state index is 0.379. The van der Waals surface area contributed by atoms with E-state index in [1.54, 1.807) is 0 Å².